The van der Waals surface area contributed by atoms with E-state index in [0.29, 0.717) is 12.8 Å². The summed E-state index contributed by atoms with van der Waals surface area (Å²) in [4.78, 5) is 0. The van der Waals surface area contributed by atoms with Crippen LogP contribution in [0.2, 0.25) is 0 Å². The highest BCUT2D eigenvalue weighted by atomic mass is 16.5. The summed E-state index contributed by atoms with van der Waals surface area (Å²) < 4.78 is 5.25. The van der Waals surface area contributed by atoms with Crippen molar-refractivity contribution in [3.05, 3.63) is 78.4 Å². The summed E-state index contributed by atoms with van der Waals surface area (Å²) in [7, 11) is 1.60. The van der Waals surface area contributed by atoms with Crippen molar-refractivity contribution in [2.75, 3.05) is 7.11 Å². The normalized spacial score (nSPS) is 11.8. The number of nitriles is 2. The Morgan fingerprint density at radius 2 is 1.83 bits per heavy atom. The maximum absolute atomic E-state index is 9.88. The first-order valence-corrected chi connectivity index (χ1v) is 7.80. The number of hydrogen-bond donors (Lipinski definition) is 0. The van der Waals surface area contributed by atoms with E-state index in [-0.39, 0.29) is 5.92 Å². The van der Waals surface area contributed by atoms with E-state index in [2.05, 4.69) is 18.7 Å². The Balaban J connectivity index is 2.46. The first-order chi connectivity index (χ1) is 11.7. The third kappa shape index (κ3) is 3.65. The lowest BCUT2D eigenvalue weighted by Gasteiger charge is -2.29. The molecule has 1 atom stereocenters. The van der Waals surface area contributed by atoms with Crippen molar-refractivity contribution in [3.8, 4) is 17.9 Å². The largest absolute Gasteiger partial charge is 0.497 e. The summed E-state index contributed by atoms with van der Waals surface area (Å²) in [6.07, 6.45) is 2.67. The maximum Gasteiger partial charge on any atom is 0.154 e. The van der Waals surface area contributed by atoms with E-state index in [1.165, 1.54) is 0 Å². The molecular weight excluding hydrogens is 296 g/mol. The van der Waals surface area contributed by atoms with Crippen LogP contribution in [0.1, 0.15) is 23.5 Å². The van der Waals surface area contributed by atoms with E-state index in [1.54, 1.807) is 13.2 Å². The molecule has 3 nitrogen and oxygen atoms in total. The highest BCUT2D eigenvalue weighted by Gasteiger charge is 2.40. The summed E-state index contributed by atoms with van der Waals surface area (Å²) in [6, 6.07) is 21.8. The molecule has 0 spiro atoms. The number of allylic oxidation sites excluding steroid dienone is 1. The van der Waals surface area contributed by atoms with Crippen LogP contribution in [0.5, 0.6) is 5.75 Å². The van der Waals surface area contributed by atoms with Crippen LogP contribution in [-0.2, 0) is 6.42 Å². The van der Waals surface area contributed by atoms with Crippen LogP contribution >= 0.6 is 0 Å². The minimum atomic E-state index is -1.16. The van der Waals surface area contributed by atoms with E-state index in [1.807, 2.05) is 54.6 Å². The fourth-order valence-electron chi connectivity index (χ4n) is 2.96. The minimum Gasteiger partial charge on any atom is -0.497 e. The molecule has 1 unspecified atom stereocenters. The zero-order chi connectivity index (χ0) is 17.4. The number of methoxy groups -OCH3 is 1. The van der Waals surface area contributed by atoms with Gasteiger partial charge >= 0.3 is 0 Å². The van der Waals surface area contributed by atoms with Crippen LogP contribution in [0.15, 0.2) is 67.3 Å². The Hall–Kier alpha value is -3.04. The van der Waals surface area contributed by atoms with E-state index < -0.39 is 5.41 Å². The van der Waals surface area contributed by atoms with Crippen molar-refractivity contribution >= 4 is 0 Å². The first kappa shape index (κ1) is 17.3. The smallest absolute Gasteiger partial charge is 0.154 e. The predicted octanol–water partition coefficient (Wildman–Crippen LogP) is 4.63. The summed E-state index contributed by atoms with van der Waals surface area (Å²) in [6.45, 7) is 3.80. The molecule has 2 aromatic rings. The number of rotatable bonds is 7. The van der Waals surface area contributed by atoms with Gasteiger partial charge in [-0.15, -0.1) is 6.58 Å². The lowest BCUT2D eigenvalue weighted by molar-refractivity contribution is 0.401. The standard InChI is InChI=1S/C21H20N2O/c1-3-8-20(18-10-5-4-6-11-18)21(15-22,16-23)14-17-9-7-12-19(13-17)24-2/h3-7,9-13,20H,1,8,14H2,2H3. The van der Waals surface area contributed by atoms with E-state index in [4.69, 9.17) is 4.74 Å². The molecule has 0 saturated heterocycles. The third-order valence-corrected chi connectivity index (χ3v) is 4.22. The van der Waals surface area contributed by atoms with Gasteiger partial charge in [0.05, 0.1) is 19.2 Å². The number of hydrogen-bond acceptors (Lipinski definition) is 3. The van der Waals surface area contributed by atoms with Gasteiger partial charge < -0.3 is 4.74 Å². The monoisotopic (exact) mass is 316 g/mol. The average molecular weight is 316 g/mol. The molecule has 0 fully saturated rings. The van der Waals surface area contributed by atoms with Crippen molar-refractivity contribution in [3.63, 3.8) is 0 Å². The Kier molecular flexibility index (Phi) is 5.77. The lowest BCUT2D eigenvalue weighted by Crippen LogP contribution is -2.28. The summed E-state index contributed by atoms with van der Waals surface area (Å²) in [5, 5.41) is 19.8. The van der Waals surface area contributed by atoms with Crippen LogP contribution in [0.3, 0.4) is 0 Å². The van der Waals surface area contributed by atoms with Crippen LogP contribution in [0.25, 0.3) is 0 Å². The number of benzene rings is 2. The summed E-state index contributed by atoms with van der Waals surface area (Å²) in [5.74, 6) is 0.481. The fraction of sp³-hybridized carbons (Fsp3) is 0.238. The van der Waals surface area contributed by atoms with Gasteiger partial charge in [0.25, 0.3) is 0 Å². The second-order valence-electron chi connectivity index (χ2n) is 5.71. The zero-order valence-electron chi connectivity index (χ0n) is 13.8. The molecule has 0 aliphatic heterocycles. The second-order valence-corrected chi connectivity index (χ2v) is 5.71. The molecular formula is C21H20N2O. The summed E-state index contributed by atoms with van der Waals surface area (Å²) >= 11 is 0. The molecule has 0 N–H and O–H groups in total. The topological polar surface area (TPSA) is 56.8 Å². The molecule has 2 aromatic carbocycles. The van der Waals surface area contributed by atoms with Crippen LogP contribution in [0, 0.1) is 28.1 Å². The van der Waals surface area contributed by atoms with Crippen LogP contribution in [0.4, 0.5) is 0 Å². The highest BCUT2D eigenvalue weighted by molar-refractivity contribution is 5.37. The van der Waals surface area contributed by atoms with Gasteiger partial charge in [-0.05, 0) is 29.7 Å². The van der Waals surface area contributed by atoms with Gasteiger partial charge in [-0.2, -0.15) is 10.5 Å². The Bertz CT molecular complexity index is 754. The molecule has 0 heterocycles. The molecule has 120 valence electrons. The van der Waals surface area contributed by atoms with Crippen molar-refractivity contribution in [1.82, 2.24) is 0 Å². The third-order valence-electron chi connectivity index (χ3n) is 4.22. The second kappa shape index (κ2) is 7.99. The number of nitrogens with zero attached hydrogens (tertiary/aromatic N) is 2. The van der Waals surface area contributed by atoms with E-state index in [9.17, 15) is 10.5 Å². The Morgan fingerprint density at radius 3 is 2.42 bits per heavy atom. The predicted molar refractivity (Wildman–Crippen MR) is 94.4 cm³/mol. The van der Waals surface area contributed by atoms with Gasteiger partial charge in [0.2, 0.25) is 0 Å². The minimum absolute atomic E-state index is 0.239. The fourth-order valence-corrected chi connectivity index (χ4v) is 2.96. The van der Waals surface area contributed by atoms with Crippen molar-refractivity contribution < 1.29 is 4.74 Å². The molecule has 0 aliphatic rings. The first-order valence-electron chi connectivity index (χ1n) is 7.80. The van der Waals surface area contributed by atoms with Gasteiger partial charge in [0.15, 0.2) is 5.41 Å². The zero-order valence-corrected chi connectivity index (χ0v) is 13.8. The quantitative estimate of drug-likeness (QED) is 0.700. The van der Waals surface area contributed by atoms with Crippen molar-refractivity contribution in [2.45, 2.75) is 18.8 Å². The lowest BCUT2D eigenvalue weighted by atomic mass is 9.69. The van der Waals surface area contributed by atoms with Gasteiger partial charge in [0.1, 0.15) is 5.75 Å². The van der Waals surface area contributed by atoms with E-state index >= 15 is 0 Å². The van der Waals surface area contributed by atoms with E-state index in [0.717, 1.165) is 16.9 Å². The molecule has 0 radical (unpaired) electrons. The van der Waals surface area contributed by atoms with Gasteiger partial charge in [-0.1, -0.05) is 48.5 Å². The van der Waals surface area contributed by atoms with Gasteiger partial charge in [-0.25, -0.2) is 0 Å². The van der Waals surface area contributed by atoms with Crippen molar-refractivity contribution in [1.29, 1.82) is 10.5 Å². The molecule has 24 heavy (non-hydrogen) atoms. The van der Waals surface area contributed by atoms with Gasteiger partial charge in [-0.3, -0.25) is 0 Å². The maximum atomic E-state index is 9.88. The molecule has 0 aliphatic carbocycles. The summed E-state index contributed by atoms with van der Waals surface area (Å²) in [5.41, 5.74) is 0.716. The average Bonchev–Trinajstić information content (AvgIpc) is 2.65. The SMILES string of the molecule is C=CCC(c1ccccc1)C(C#N)(C#N)Cc1cccc(OC)c1. The molecule has 2 rings (SSSR count). The van der Waals surface area contributed by atoms with Crippen molar-refractivity contribution in [2.24, 2.45) is 5.41 Å². The molecule has 0 amide bonds. The highest BCUT2D eigenvalue weighted by Crippen LogP contribution is 2.41. The molecule has 3 heteroatoms. The number of ether oxygens (including phenoxy) is 1. The van der Waals surface area contributed by atoms with Crippen LogP contribution in [-0.4, -0.2) is 7.11 Å². The van der Waals surface area contributed by atoms with Crippen LogP contribution < -0.4 is 4.74 Å². The Morgan fingerprint density at radius 1 is 1.12 bits per heavy atom. The Labute approximate surface area is 143 Å². The van der Waals surface area contributed by atoms with Gasteiger partial charge in [0, 0.05) is 12.3 Å². The molecule has 0 aromatic heterocycles. The molecule has 0 bridgehead atoms. The molecule has 0 saturated carbocycles.